The normalized spacial score (nSPS) is 14.0. The van der Waals surface area contributed by atoms with E-state index in [1.165, 1.54) is 0 Å². The Hall–Kier alpha value is -2.43. The van der Waals surface area contributed by atoms with Crippen molar-refractivity contribution in [3.8, 4) is 11.1 Å². The molecular formula is C19H22N2O3. The smallest absolute Gasteiger partial charge is 0.331 e. The molecule has 0 radical (unpaired) electrons. The predicted molar refractivity (Wildman–Crippen MR) is 91.0 cm³/mol. The van der Waals surface area contributed by atoms with Crippen molar-refractivity contribution >= 4 is 12.3 Å². The summed E-state index contributed by atoms with van der Waals surface area (Å²) < 4.78 is 7.07. The lowest BCUT2D eigenvalue weighted by Crippen LogP contribution is -2.29. The molecule has 0 aliphatic heterocycles. The molecule has 1 unspecified atom stereocenters. The Morgan fingerprint density at radius 3 is 2.79 bits per heavy atom. The number of aldehydes is 1. The van der Waals surface area contributed by atoms with Crippen LogP contribution in [0.1, 0.15) is 48.4 Å². The third-order valence-electron chi connectivity index (χ3n) is 4.51. The number of ether oxygens (including phenoxy) is 1. The van der Waals surface area contributed by atoms with E-state index in [4.69, 9.17) is 4.74 Å². The molecule has 0 fully saturated rings. The molecule has 0 bridgehead atoms. The Kier molecular flexibility index (Phi) is 4.51. The van der Waals surface area contributed by atoms with E-state index < -0.39 is 6.04 Å². The fourth-order valence-electron chi connectivity index (χ4n) is 3.39. The molecule has 0 saturated heterocycles. The summed E-state index contributed by atoms with van der Waals surface area (Å²) in [5, 5.41) is 4.51. The van der Waals surface area contributed by atoms with Crippen molar-refractivity contribution in [3.63, 3.8) is 0 Å². The SMILES string of the molecule is CCOC(=O)C(C(C)C)n1ncc2c1CCc1cc(C=O)ccc1-2. The standard InChI is InChI=1S/C19H22N2O3/c1-4-24-19(23)18(12(2)3)21-17-8-6-14-9-13(11-22)5-7-15(14)16(17)10-20-21/h5,7,9-12,18H,4,6,8H2,1-3H3. The summed E-state index contributed by atoms with van der Waals surface area (Å²) in [6.45, 7) is 6.18. The van der Waals surface area contributed by atoms with Crippen molar-refractivity contribution in [1.82, 2.24) is 9.78 Å². The number of aromatic nitrogens is 2. The Morgan fingerprint density at radius 2 is 2.12 bits per heavy atom. The number of nitrogens with zero attached hydrogens (tertiary/aromatic N) is 2. The monoisotopic (exact) mass is 326 g/mol. The largest absolute Gasteiger partial charge is 0.464 e. The first-order valence-electron chi connectivity index (χ1n) is 8.38. The minimum absolute atomic E-state index is 0.0897. The number of hydrogen-bond donors (Lipinski definition) is 0. The number of esters is 1. The van der Waals surface area contributed by atoms with E-state index in [-0.39, 0.29) is 11.9 Å². The molecule has 1 aromatic heterocycles. The van der Waals surface area contributed by atoms with Crippen molar-refractivity contribution in [1.29, 1.82) is 0 Å². The molecule has 5 heteroatoms. The molecule has 2 aromatic rings. The van der Waals surface area contributed by atoms with Crippen LogP contribution in [0.15, 0.2) is 24.4 Å². The fraction of sp³-hybridized carbons (Fsp3) is 0.421. The Morgan fingerprint density at radius 1 is 1.33 bits per heavy atom. The number of benzene rings is 1. The number of hydrogen-bond acceptors (Lipinski definition) is 4. The zero-order valence-electron chi connectivity index (χ0n) is 14.3. The minimum atomic E-state index is -0.413. The van der Waals surface area contributed by atoms with Gasteiger partial charge in [-0.3, -0.25) is 9.48 Å². The zero-order chi connectivity index (χ0) is 17.3. The Labute approximate surface area is 141 Å². The number of fused-ring (bicyclic) bond motifs is 3. The third kappa shape index (κ3) is 2.75. The summed E-state index contributed by atoms with van der Waals surface area (Å²) in [4.78, 5) is 23.4. The summed E-state index contributed by atoms with van der Waals surface area (Å²) in [5.74, 6) is -0.146. The van der Waals surface area contributed by atoms with Crippen molar-refractivity contribution in [2.24, 2.45) is 5.92 Å². The Balaban J connectivity index is 2.04. The van der Waals surface area contributed by atoms with Gasteiger partial charge in [0.25, 0.3) is 0 Å². The number of carbonyl (C=O) groups is 2. The highest BCUT2D eigenvalue weighted by Gasteiger charge is 2.31. The van der Waals surface area contributed by atoms with Crippen LogP contribution in [0, 0.1) is 5.92 Å². The van der Waals surface area contributed by atoms with E-state index in [2.05, 4.69) is 5.10 Å². The van der Waals surface area contributed by atoms with E-state index in [0.29, 0.717) is 12.2 Å². The lowest BCUT2D eigenvalue weighted by atomic mass is 9.88. The second kappa shape index (κ2) is 6.59. The second-order valence-corrected chi connectivity index (χ2v) is 6.42. The summed E-state index contributed by atoms with van der Waals surface area (Å²) in [7, 11) is 0. The lowest BCUT2D eigenvalue weighted by Gasteiger charge is -2.24. The minimum Gasteiger partial charge on any atom is -0.464 e. The van der Waals surface area contributed by atoms with E-state index in [1.807, 2.05) is 49.8 Å². The molecule has 1 aliphatic carbocycles. The van der Waals surface area contributed by atoms with Gasteiger partial charge in [0.2, 0.25) is 0 Å². The predicted octanol–water partition coefficient (Wildman–Crippen LogP) is 3.22. The van der Waals surface area contributed by atoms with E-state index in [9.17, 15) is 9.59 Å². The highest BCUT2D eigenvalue weighted by atomic mass is 16.5. The summed E-state index contributed by atoms with van der Waals surface area (Å²) in [6.07, 6.45) is 4.33. The molecule has 0 saturated carbocycles. The molecule has 0 amide bonds. The topological polar surface area (TPSA) is 61.2 Å². The van der Waals surface area contributed by atoms with Crippen LogP contribution in [0.2, 0.25) is 0 Å². The summed E-state index contributed by atoms with van der Waals surface area (Å²) in [5.41, 5.74) is 5.05. The molecular weight excluding hydrogens is 304 g/mol. The van der Waals surface area contributed by atoms with Gasteiger partial charge in [-0.1, -0.05) is 26.0 Å². The van der Waals surface area contributed by atoms with Gasteiger partial charge in [0.05, 0.1) is 12.8 Å². The van der Waals surface area contributed by atoms with Crippen LogP contribution in [-0.4, -0.2) is 28.6 Å². The first kappa shape index (κ1) is 16.4. The van der Waals surface area contributed by atoms with Gasteiger partial charge in [-0.15, -0.1) is 0 Å². The van der Waals surface area contributed by atoms with Crippen LogP contribution in [0.5, 0.6) is 0 Å². The maximum absolute atomic E-state index is 12.4. The molecule has 126 valence electrons. The summed E-state index contributed by atoms with van der Waals surface area (Å²) >= 11 is 0. The van der Waals surface area contributed by atoms with Crippen molar-refractivity contribution < 1.29 is 14.3 Å². The molecule has 1 aromatic carbocycles. The molecule has 3 rings (SSSR count). The van der Waals surface area contributed by atoms with Gasteiger partial charge in [-0.05, 0) is 42.9 Å². The van der Waals surface area contributed by atoms with Gasteiger partial charge < -0.3 is 4.74 Å². The number of aryl methyl sites for hydroxylation is 1. The van der Waals surface area contributed by atoms with Crippen LogP contribution in [0.4, 0.5) is 0 Å². The molecule has 24 heavy (non-hydrogen) atoms. The van der Waals surface area contributed by atoms with Gasteiger partial charge >= 0.3 is 5.97 Å². The summed E-state index contributed by atoms with van der Waals surface area (Å²) in [6, 6.07) is 5.32. The van der Waals surface area contributed by atoms with Crippen molar-refractivity contribution in [2.45, 2.75) is 39.7 Å². The van der Waals surface area contributed by atoms with Crippen LogP contribution in [0.25, 0.3) is 11.1 Å². The maximum Gasteiger partial charge on any atom is 0.331 e. The highest BCUT2D eigenvalue weighted by Crippen LogP contribution is 2.36. The maximum atomic E-state index is 12.4. The highest BCUT2D eigenvalue weighted by molar-refractivity contribution is 5.80. The van der Waals surface area contributed by atoms with Gasteiger partial charge in [0.1, 0.15) is 6.29 Å². The van der Waals surface area contributed by atoms with E-state index >= 15 is 0 Å². The van der Waals surface area contributed by atoms with E-state index in [0.717, 1.165) is 41.5 Å². The molecule has 5 nitrogen and oxygen atoms in total. The first-order valence-corrected chi connectivity index (χ1v) is 8.38. The van der Waals surface area contributed by atoms with Crippen LogP contribution in [-0.2, 0) is 22.4 Å². The van der Waals surface area contributed by atoms with Gasteiger partial charge in [-0.25, -0.2) is 4.79 Å². The molecule has 1 aliphatic rings. The fourth-order valence-corrected chi connectivity index (χ4v) is 3.39. The zero-order valence-corrected chi connectivity index (χ0v) is 14.3. The average molecular weight is 326 g/mol. The first-order chi connectivity index (χ1) is 11.6. The third-order valence-corrected chi connectivity index (χ3v) is 4.51. The number of carbonyl (C=O) groups excluding carboxylic acids is 2. The van der Waals surface area contributed by atoms with Crippen LogP contribution in [0.3, 0.4) is 0 Å². The number of rotatable bonds is 5. The average Bonchev–Trinajstić information content (AvgIpc) is 2.98. The molecule has 1 atom stereocenters. The van der Waals surface area contributed by atoms with Crippen molar-refractivity contribution in [2.75, 3.05) is 6.61 Å². The Bertz CT molecular complexity index is 777. The van der Waals surface area contributed by atoms with E-state index in [1.54, 1.807) is 0 Å². The van der Waals surface area contributed by atoms with Gasteiger partial charge in [0.15, 0.2) is 6.04 Å². The lowest BCUT2D eigenvalue weighted by molar-refractivity contribution is -0.149. The van der Waals surface area contributed by atoms with Gasteiger partial charge in [0, 0.05) is 16.8 Å². The van der Waals surface area contributed by atoms with Crippen molar-refractivity contribution in [3.05, 3.63) is 41.2 Å². The molecule has 0 spiro atoms. The quantitative estimate of drug-likeness (QED) is 0.625. The molecule has 0 N–H and O–H groups in total. The van der Waals surface area contributed by atoms with Crippen LogP contribution < -0.4 is 0 Å². The van der Waals surface area contributed by atoms with Gasteiger partial charge in [-0.2, -0.15) is 5.10 Å². The molecule has 1 heterocycles. The second-order valence-electron chi connectivity index (χ2n) is 6.42. The van der Waals surface area contributed by atoms with Crippen LogP contribution >= 0.6 is 0 Å².